The van der Waals surface area contributed by atoms with E-state index in [0.717, 1.165) is 5.69 Å². The summed E-state index contributed by atoms with van der Waals surface area (Å²) in [7, 11) is 0. The van der Waals surface area contributed by atoms with Crippen molar-refractivity contribution >= 4 is 28.2 Å². The van der Waals surface area contributed by atoms with Gasteiger partial charge in [-0.1, -0.05) is 0 Å². The maximum Gasteiger partial charge on any atom is 0.226 e. The van der Waals surface area contributed by atoms with Crippen molar-refractivity contribution in [2.45, 2.75) is 19.8 Å². The highest BCUT2D eigenvalue weighted by Crippen LogP contribution is 2.15. The standard InChI is InChI=1S/C13H13N3O2S/c1-9-8-19-13(15-9)16-12(18)5-4-11(17)10-3-2-6-14-7-10/h2-3,6-8H,4-5H2,1H3,(H,15,16,18). The molecule has 2 rings (SSSR count). The van der Waals surface area contributed by atoms with Crippen molar-refractivity contribution in [1.82, 2.24) is 9.97 Å². The smallest absolute Gasteiger partial charge is 0.226 e. The molecule has 0 aliphatic rings. The summed E-state index contributed by atoms with van der Waals surface area (Å²) in [6, 6.07) is 3.39. The minimum absolute atomic E-state index is 0.0847. The van der Waals surface area contributed by atoms with E-state index in [1.165, 1.54) is 17.5 Å². The number of carbonyl (C=O) groups is 2. The zero-order valence-corrected chi connectivity index (χ0v) is 11.2. The molecule has 0 aromatic carbocycles. The van der Waals surface area contributed by atoms with E-state index in [1.54, 1.807) is 18.3 Å². The number of rotatable bonds is 5. The Morgan fingerprint density at radius 2 is 2.21 bits per heavy atom. The normalized spacial score (nSPS) is 10.2. The van der Waals surface area contributed by atoms with E-state index in [9.17, 15) is 9.59 Å². The number of Topliss-reactive ketones (excluding diaryl/α,β-unsaturated/α-hetero) is 1. The van der Waals surface area contributed by atoms with Crippen LogP contribution >= 0.6 is 11.3 Å². The van der Waals surface area contributed by atoms with Crippen LogP contribution in [0, 0.1) is 6.92 Å². The third-order valence-electron chi connectivity index (χ3n) is 2.43. The number of anilines is 1. The molecular weight excluding hydrogens is 262 g/mol. The van der Waals surface area contributed by atoms with E-state index in [1.807, 2.05) is 12.3 Å². The van der Waals surface area contributed by atoms with Gasteiger partial charge in [0.15, 0.2) is 10.9 Å². The van der Waals surface area contributed by atoms with Crippen molar-refractivity contribution in [3.63, 3.8) is 0 Å². The number of thiazole rings is 1. The fourth-order valence-corrected chi connectivity index (χ4v) is 2.20. The van der Waals surface area contributed by atoms with E-state index >= 15 is 0 Å². The molecule has 6 heteroatoms. The Kier molecular flexibility index (Phi) is 4.35. The lowest BCUT2D eigenvalue weighted by atomic mass is 10.1. The molecule has 19 heavy (non-hydrogen) atoms. The number of hydrogen-bond donors (Lipinski definition) is 1. The van der Waals surface area contributed by atoms with Crippen LogP contribution in [0.1, 0.15) is 28.9 Å². The Morgan fingerprint density at radius 3 is 2.84 bits per heavy atom. The van der Waals surface area contributed by atoms with Crippen molar-refractivity contribution in [1.29, 1.82) is 0 Å². The van der Waals surface area contributed by atoms with Gasteiger partial charge in [0.25, 0.3) is 0 Å². The van der Waals surface area contributed by atoms with E-state index < -0.39 is 0 Å². The number of aromatic nitrogens is 2. The Morgan fingerprint density at radius 1 is 1.37 bits per heavy atom. The summed E-state index contributed by atoms with van der Waals surface area (Å²) in [5, 5.41) is 5.09. The van der Waals surface area contributed by atoms with Gasteiger partial charge >= 0.3 is 0 Å². The number of nitrogens with one attached hydrogen (secondary N) is 1. The number of nitrogens with zero attached hydrogens (tertiary/aromatic N) is 2. The molecule has 98 valence electrons. The highest BCUT2D eigenvalue weighted by Gasteiger charge is 2.10. The second-order valence-corrected chi connectivity index (χ2v) is 4.87. The molecule has 0 bridgehead atoms. The van der Waals surface area contributed by atoms with Gasteiger partial charge in [-0.2, -0.15) is 0 Å². The number of hydrogen-bond acceptors (Lipinski definition) is 5. The van der Waals surface area contributed by atoms with Gasteiger partial charge in [-0.05, 0) is 19.1 Å². The predicted octanol–water partition coefficient (Wildman–Crippen LogP) is 2.45. The van der Waals surface area contributed by atoms with Crippen LogP contribution in [0.15, 0.2) is 29.9 Å². The van der Waals surface area contributed by atoms with E-state index in [-0.39, 0.29) is 24.5 Å². The number of pyridine rings is 1. The topological polar surface area (TPSA) is 72.0 Å². The van der Waals surface area contributed by atoms with Gasteiger partial charge in [-0.25, -0.2) is 4.98 Å². The largest absolute Gasteiger partial charge is 0.302 e. The Balaban J connectivity index is 1.82. The van der Waals surface area contributed by atoms with Crippen molar-refractivity contribution in [3.05, 3.63) is 41.2 Å². The van der Waals surface area contributed by atoms with Gasteiger partial charge < -0.3 is 5.32 Å². The lowest BCUT2D eigenvalue weighted by Gasteiger charge is -2.01. The molecule has 0 radical (unpaired) electrons. The maximum absolute atomic E-state index is 11.8. The summed E-state index contributed by atoms with van der Waals surface area (Å²) in [5.74, 6) is -0.287. The van der Waals surface area contributed by atoms with Gasteiger partial charge in [0, 0.05) is 36.2 Å². The predicted molar refractivity (Wildman–Crippen MR) is 73.3 cm³/mol. The van der Waals surface area contributed by atoms with Crippen molar-refractivity contribution in [2.75, 3.05) is 5.32 Å². The van der Waals surface area contributed by atoms with Gasteiger partial charge in [0.1, 0.15) is 0 Å². The molecule has 0 saturated heterocycles. The van der Waals surface area contributed by atoms with Crippen LogP contribution in [-0.2, 0) is 4.79 Å². The van der Waals surface area contributed by atoms with Crippen LogP contribution in [0.4, 0.5) is 5.13 Å². The van der Waals surface area contributed by atoms with Crippen molar-refractivity contribution in [3.8, 4) is 0 Å². The first-order valence-electron chi connectivity index (χ1n) is 5.80. The molecule has 2 heterocycles. The molecule has 0 spiro atoms. The number of aryl methyl sites for hydroxylation is 1. The summed E-state index contributed by atoms with van der Waals surface area (Å²) < 4.78 is 0. The highest BCUT2D eigenvalue weighted by molar-refractivity contribution is 7.13. The van der Waals surface area contributed by atoms with Crippen LogP contribution in [0.5, 0.6) is 0 Å². The molecular formula is C13H13N3O2S. The molecule has 0 atom stereocenters. The van der Waals surface area contributed by atoms with Crippen molar-refractivity contribution < 1.29 is 9.59 Å². The lowest BCUT2D eigenvalue weighted by Crippen LogP contribution is -2.13. The molecule has 1 N–H and O–H groups in total. The fraction of sp³-hybridized carbons (Fsp3) is 0.231. The quantitative estimate of drug-likeness (QED) is 0.851. The number of ketones is 1. The summed E-state index contributed by atoms with van der Waals surface area (Å²) in [6.07, 6.45) is 3.42. The van der Waals surface area contributed by atoms with Gasteiger partial charge in [0.2, 0.25) is 5.91 Å². The second kappa shape index (κ2) is 6.19. The average molecular weight is 275 g/mol. The van der Waals surface area contributed by atoms with Gasteiger partial charge in [0.05, 0.1) is 5.69 Å². The molecule has 0 saturated carbocycles. The van der Waals surface area contributed by atoms with E-state index in [0.29, 0.717) is 10.7 Å². The third kappa shape index (κ3) is 3.96. The maximum atomic E-state index is 11.8. The molecule has 2 aromatic heterocycles. The molecule has 0 aliphatic heterocycles. The first-order chi connectivity index (χ1) is 9.15. The van der Waals surface area contributed by atoms with Crippen LogP contribution in [0.2, 0.25) is 0 Å². The average Bonchev–Trinajstić information content (AvgIpc) is 2.82. The van der Waals surface area contributed by atoms with Crippen LogP contribution in [0.25, 0.3) is 0 Å². The summed E-state index contributed by atoms with van der Waals surface area (Å²) in [4.78, 5) is 31.4. The lowest BCUT2D eigenvalue weighted by molar-refractivity contribution is -0.116. The molecule has 5 nitrogen and oxygen atoms in total. The van der Waals surface area contributed by atoms with Crippen LogP contribution < -0.4 is 5.32 Å². The van der Waals surface area contributed by atoms with Gasteiger partial charge in [-0.15, -0.1) is 11.3 Å². The third-order valence-corrected chi connectivity index (χ3v) is 3.30. The van der Waals surface area contributed by atoms with E-state index in [2.05, 4.69) is 15.3 Å². The molecule has 1 amide bonds. The number of amides is 1. The zero-order valence-electron chi connectivity index (χ0n) is 10.4. The first-order valence-corrected chi connectivity index (χ1v) is 6.68. The molecule has 0 fully saturated rings. The summed E-state index contributed by atoms with van der Waals surface area (Å²) >= 11 is 1.37. The highest BCUT2D eigenvalue weighted by atomic mass is 32.1. The Bertz CT molecular complexity index is 581. The molecule has 0 aliphatic carbocycles. The second-order valence-electron chi connectivity index (χ2n) is 4.01. The van der Waals surface area contributed by atoms with Gasteiger partial charge in [-0.3, -0.25) is 14.6 Å². The Labute approximate surface area is 114 Å². The number of carbonyl (C=O) groups excluding carboxylic acids is 2. The minimum atomic E-state index is -0.202. The summed E-state index contributed by atoms with van der Waals surface area (Å²) in [6.45, 7) is 1.86. The van der Waals surface area contributed by atoms with Crippen LogP contribution in [-0.4, -0.2) is 21.7 Å². The molecule has 0 unspecified atom stereocenters. The first kappa shape index (κ1) is 13.4. The fourth-order valence-electron chi connectivity index (χ4n) is 1.49. The zero-order chi connectivity index (χ0) is 13.7. The minimum Gasteiger partial charge on any atom is -0.302 e. The molecule has 2 aromatic rings. The SMILES string of the molecule is Cc1csc(NC(=O)CCC(=O)c2cccnc2)n1. The monoisotopic (exact) mass is 275 g/mol. The van der Waals surface area contributed by atoms with E-state index in [4.69, 9.17) is 0 Å². The summed E-state index contributed by atoms with van der Waals surface area (Å²) in [5.41, 5.74) is 1.40. The van der Waals surface area contributed by atoms with Crippen LogP contribution in [0.3, 0.4) is 0 Å². The van der Waals surface area contributed by atoms with Crippen molar-refractivity contribution in [2.24, 2.45) is 0 Å². The Hall–Kier alpha value is -2.08.